The van der Waals surface area contributed by atoms with Gasteiger partial charge in [0.1, 0.15) is 0 Å². The van der Waals surface area contributed by atoms with Crippen LogP contribution in [0.5, 0.6) is 0 Å². The molecule has 7 rings (SSSR count). The second kappa shape index (κ2) is 7.16. The van der Waals surface area contributed by atoms with Gasteiger partial charge in [0.2, 0.25) is 0 Å². The van der Waals surface area contributed by atoms with Gasteiger partial charge in [0, 0.05) is 27.9 Å². The van der Waals surface area contributed by atoms with E-state index >= 15 is 0 Å². The molecule has 2 heteroatoms. The molecule has 0 amide bonds. The fourth-order valence-corrected chi connectivity index (χ4v) is 6.34. The molecule has 4 aromatic carbocycles. The summed E-state index contributed by atoms with van der Waals surface area (Å²) in [5.41, 5.74) is 9.49. The van der Waals surface area contributed by atoms with Crippen molar-refractivity contribution < 1.29 is 0 Å². The van der Waals surface area contributed by atoms with E-state index in [2.05, 4.69) is 109 Å². The summed E-state index contributed by atoms with van der Waals surface area (Å²) in [4.78, 5) is 10.3. The van der Waals surface area contributed by atoms with Crippen LogP contribution in [-0.2, 0) is 10.8 Å². The summed E-state index contributed by atoms with van der Waals surface area (Å²) < 4.78 is 0. The van der Waals surface area contributed by atoms with Crippen molar-refractivity contribution in [2.45, 2.75) is 59.3 Å². The van der Waals surface area contributed by atoms with E-state index in [0.717, 1.165) is 22.5 Å². The number of nitrogens with zero attached hydrogens (tertiary/aromatic N) is 2. The molecule has 0 fully saturated rings. The molecule has 0 spiro atoms. The first-order chi connectivity index (χ1) is 17.6. The maximum absolute atomic E-state index is 5.36. The third-order valence-corrected chi connectivity index (χ3v) is 8.76. The minimum atomic E-state index is -0.258. The highest BCUT2D eigenvalue weighted by Crippen LogP contribution is 2.50. The van der Waals surface area contributed by atoms with Gasteiger partial charge in [-0.2, -0.15) is 0 Å². The average Bonchev–Trinajstić information content (AvgIpc) is 2.87. The van der Waals surface area contributed by atoms with Gasteiger partial charge in [0.15, 0.2) is 0 Å². The van der Waals surface area contributed by atoms with Crippen molar-refractivity contribution in [2.24, 2.45) is 0 Å². The molecule has 0 saturated carbocycles. The monoisotopic (exact) mass is 480 g/mol. The zero-order valence-corrected chi connectivity index (χ0v) is 22.7. The lowest BCUT2D eigenvalue weighted by atomic mass is 9.71. The van der Waals surface area contributed by atoms with E-state index in [1.807, 2.05) is 6.20 Å². The number of rotatable bonds is 0. The van der Waals surface area contributed by atoms with Gasteiger partial charge in [-0.05, 0) is 86.6 Å². The summed E-state index contributed by atoms with van der Waals surface area (Å²) in [6.45, 7) is 15.9. The van der Waals surface area contributed by atoms with Crippen molar-refractivity contribution >= 4 is 43.2 Å². The average molecular weight is 481 g/mol. The normalized spacial score (nSPS) is 14.6. The van der Waals surface area contributed by atoms with Crippen LogP contribution < -0.4 is 0 Å². The molecular weight excluding hydrogens is 448 g/mol. The van der Waals surface area contributed by atoms with Gasteiger partial charge in [-0.1, -0.05) is 77.1 Å². The van der Waals surface area contributed by atoms with Crippen molar-refractivity contribution in [3.8, 4) is 11.3 Å². The molecule has 0 aliphatic heterocycles. The second-order valence-electron chi connectivity index (χ2n) is 12.4. The van der Waals surface area contributed by atoms with Crippen LogP contribution in [0.2, 0.25) is 0 Å². The Morgan fingerprint density at radius 2 is 1.49 bits per heavy atom. The van der Waals surface area contributed by atoms with E-state index in [1.54, 1.807) is 0 Å². The van der Waals surface area contributed by atoms with Gasteiger partial charge in [-0.3, -0.25) is 9.97 Å². The first kappa shape index (κ1) is 22.4. The summed E-state index contributed by atoms with van der Waals surface area (Å²) in [5.74, 6) is 0. The van der Waals surface area contributed by atoms with Crippen molar-refractivity contribution in [1.82, 2.24) is 9.97 Å². The molecule has 0 saturated heterocycles. The van der Waals surface area contributed by atoms with Gasteiger partial charge in [0.25, 0.3) is 0 Å². The number of pyridine rings is 2. The molecule has 2 nitrogen and oxygen atoms in total. The fourth-order valence-electron chi connectivity index (χ4n) is 6.34. The molecule has 0 bridgehead atoms. The number of benzene rings is 4. The Balaban J connectivity index is 1.65. The summed E-state index contributed by atoms with van der Waals surface area (Å²) in [5, 5.41) is 8.93. The topological polar surface area (TPSA) is 25.8 Å². The van der Waals surface area contributed by atoms with Crippen molar-refractivity contribution in [3.63, 3.8) is 0 Å². The zero-order valence-electron chi connectivity index (χ0n) is 22.7. The van der Waals surface area contributed by atoms with E-state index in [4.69, 9.17) is 9.97 Å². The molecule has 2 aromatic heterocycles. The molecule has 182 valence electrons. The van der Waals surface area contributed by atoms with Gasteiger partial charge in [-0.15, -0.1) is 0 Å². The Hall–Kier alpha value is -3.78. The third-order valence-electron chi connectivity index (χ3n) is 8.76. The fraction of sp³-hybridized carbons (Fsp3) is 0.257. The van der Waals surface area contributed by atoms with Crippen LogP contribution in [-0.4, -0.2) is 9.97 Å². The summed E-state index contributed by atoms with van der Waals surface area (Å²) in [7, 11) is 0. The predicted octanol–water partition coefficient (Wildman–Crippen LogP) is 9.31. The lowest BCUT2D eigenvalue weighted by molar-refractivity contribution is 0.591. The molecule has 37 heavy (non-hydrogen) atoms. The zero-order chi connectivity index (χ0) is 25.9. The van der Waals surface area contributed by atoms with Crippen LogP contribution in [0.4, 0.5) is 0 Å². The molecule has 0 N–H and O–H groups in total. The van der Waals surface area contributed by atoms with Crippen LogP contribution in [0.3, 0.4) is 0 Å². The standard InChI is InChI=1S/C35H32N2/c1-19-8-9-22-16-28-32-30-25(14-15-36-32)24-13-11-21-10-12-23(34(3,4)5)17-26(21)27(24)18-29(30)35(6,7)33(28)37-31(22)20(19)2/h8-18H,1-7H3. The molecule has 0 atom stereocenters. The summed E-state index contributed by atoms with van der Waals surface area (Å²) >= 11 is 0. The summed E-state index contributed by atoms with van der Waals surface area (Å²) in [6.07, 6.45) is 1.98. The van der Waals surface area contributed by atoms with Crippen LogP contribution in [0, 0.1) is 13.8 Å². The highest BCUT2D eigenvalue weighted by atomic mass is 14.8. The smallest absolute Gasteiger partial charge is 0.0802 e. The molecule has 0 radical (unpaired) electrons. The molecule has 1 aliphatic rings. The van der Waals surface area contributed by atoms with Gasteiger partial charge < -0.3 is 0 Å². The quantitative estimate of drug-likeness (QED) is 0.202. The minimum Gasteiger partial charge on any atom is -0.256 e. The van der Waals surface area contributed by atoms with Crippen molar-refractivity contribution in [3.05, 3.63) is 94.8 Å². The van der Waals surface area contributed by atoms with Crippen molar-refractivity contribution in [1.29, 1.82) is 0 Å². The lowest BCUT2D eigenvalue weighted by Gasteiger charge is -2.34. The second-order valence-corrected chi connectivity index (χ2v) is 12.4. The first-order valence-electron chi connectivity index (χ1n) is 13.3. The number of aromatic nitrogens is 2. The Morgan fingerprint density at radius 1 is 0.730 bits per heavy atom. The van der Waals surface area contributed by atoms with E-state index in [9.17, 15) is 0 Å². The Labute approximate surface area is 218 Å². The number of hydrogen-bond acceptors (Lipinski definition) is 2. The maximum Gasteiger partial charge on any atom is 0.0802 e. The van der Waals surface area contributed by atoms with Gasteiger partial charge in [-0.25, -0.2) is 0 Å². The molecule has 2 heterocycles. The highest BCUT2D eigenvalue weighted by Gasteiger charge is 2.37. The predicted molar refractivity (Wildman–Crippen MR) is 158 cm³/mol. The lowest BCUT2D eigenvalue weighted by Crippen LogP contribution is -2.26. The first-order valence-corrected chi connectivity index (χ1v) is 13.3. The maximum atomic E-state index is 5.36. The van der Waals surface area contributed by atoms with Crippen LogP contribution in [0.25, 0.3) is 54.5 Å². The SMILES string of the molecule is Cc1ccc2cc3c(nc2c1C)C(C)(C)c1cc2c4cc(C(C)(C)C)ccc4ccc2c2ccnc-3c12. The van der Waals surface area contributed by atoms with E-state index in [-0.39, 0.29) is 10.8 Å². The molecule has 0 unspecified atom stereocenters. The molecule has 6 aromatic rings. The molecule has 1 aliphatic carbocycles. The Morgan fingerprint density at radius 3 is 2.27 bits per heavy atom. The third kappa shape index (κ3) is 2.99. The van der Waals surface area contributed by atoms with Crippen LogP contribution >= 0.6 is 0 Å². The van der Waals surface area contributed by atoms with Gasteiger partial charge in [0.05, 0.1) is 16.9 Å². The number of fused-ring (bicyclic) bond motifs is 7. The van der Waals surface area contributed by atoms with E-state index in [1.165, 1.54) is 60.0 Å². The largest absolute Gasteiger partial charge is 0.256 e. The van der Waals surface area contributed by atoms with Gasteiger partial charge >= 0.3 is 0 Å². The summed E-state index contributed by atoms with van der Waals surface area (Å²) in [6, 6.07) is 22.9. The number of aryl methyl sites for hydroxylation is 2. The van der Waals surface area contributed by atoms with Crippen molar-refractivity contribution in [2.75, 3.05) is 0 Å². The van der Waals surface area contributed by atoms with Crippen LogP contribution in [0.1, 0.15) is 62.6 Å². The van der Waals surface area contributed by atoms with E-state index < -0.39 is 0 Å². The van der Waals surface area contributed by atoms with Crippen LogP contribution in [0.15, 0.2) is 66.9 Å². The highest BCUT2D eigenvalue weighted by molar-refractivity contribution is 6.21. The Kier molecular flexibility index (Phi) is 4.34. The minimum absolute atomic E-state index is 0.0950. The van der Waals surface area contributed by atoms with E-state index in [0.29, 0.717) is 0 Å². The number of hydrogen-bond donors (Lipinski definition) is 0. The Bertz CT molecular complexity index is 1950. The molecular formula is C35H32N2.